The van der Waals surface area contributed by atoms with E-state index in [1.807, 2.05) is 0 Å². The van der Waals surface area contributed by atoms with E-state index in [4.69, 9.17) is 13.9 Å². The van der Waals surface area contributed by atoms with Gasteiger partial charge in [-0.15, -0.1) is 0 Å². The smallest absolute Gasteiger partial charge is 0.381 e. The minimum absolute atomic E-state index is 0.152. The molecule has 1 atom stereocenters. The molecule has 4 rings (SSSR count). The molecule has 0 aliphatic carbocycles. The highest BCUT2D eigenvalue weighted by Crippen LogP contribution is 2.26. The summed E-state index contributed by atoms with van der Waals surface area (Å²) < 4.78 is 29.9. The summed E-state index contributed by atoms with van der Waals surface area (Å²) in [5.41, 5.74) is 1.27. The highest BCUT2D eigenvalue weighted by atomic mass is 79.9. The molecule has 1 saturated heterocycles. The van der Waals surface area contributed by atoms with Gasteiger partial charge in [-0.1, -0.05) is 10.3 Å². The second-order valence-corrected chi connectivity index (χ2v) is 6.55. The number of ether oxygens (including phenoxy) is 1. The second kappa shape index (κ2) is 6.52. The third kappa shape index (κ3) is 3.02. The summed E-state index contributed by atoms with van der Waals surface area (Å²) in [6, 6.07) is 4.13. The largest absolute Gasteiger partial charge is 0.446 e. The molecule has 1 aliphatic heterocycles. The summed E-state index contributed by atoms with van der Waals surface area (Å²) >= 11 is 3.10. The van der Waals surface area contributed by atoms with Gasteiger partial charge < -0.3 is 4.74 Å². The van der Waals surface area contributed by atoms with Gasteiger partial charge in [0.05, 0.1) is 10.2 Å². The van der Waals surface area contributed by atoms with Crippen LogP contribution in [0.25, 0.3) is 17.2 Å². The van der Waals surface area contributed by atoms with Gasteiger partial charge in [0.1, 0.15) is 11.5 Å². The minimum Gasteiger partial charge on any atom is -0.381 e. The van der Waals surface area contributed by atoms with E-state index in [2.05, 4.69) is 31.4 Å². The SMILES string of the molecule is O=c1onc(-c2nonc2CC2CCOC2)n1-c1ccc(F)c(Br)c1. The van der Waals surface area contributed by atoms with Gasteiger partial charge in [-0.2, -0.15) is 0 Å². The maximum Gasteiger partial charge on any atom is 0.446 e. The average Bonchev–Trinajstić information content (AvgIpc) is 3.32. The third-order valence-electron chi connectivity index (χ3n) is 4.04. The molecule has 0 amide bonds. The van der Waals surface area contributed by atoms with Gasteiger partial charge in [0.15, 0.2) is 5.69 Å². The van der Waals surface area contributed by atoms with Crippen LogP contribution in [0.1, 0.15) is 12.1 Å². The van der Waals surface area contributed by atoms with Crippen molar-refractivity contribution in [1.82, 2.24) is 20.0 Å². The molecule has 130 valence electrons. The van der Waals surface area contributed by atoms with E-state index in [0.717, 1.165) is 6.42 Å². The van der Waals surface area contributed by atoms with Gasteiger partial charge >= 0.3 is 5.76 Å². The third-order valence-corrected chi connectivity index (χ3v) is 4.65. The number of benzene rings is 1. The summed E-state index contributed by atoms with van der Waals surface area (Å²) in [6.45, 7) is 1.35. The van der Waals surface area contributed by atoms with E-state index in [9.17, 15) is 9.18 Å². The normalized spacial score (nSPS) is 17.3. The molecule has 0 saturated carbocycles. The molecule has 10 heteroatoms. The van der Waals surface area contributed by atoms with Crippen LogP contribution in [0.2, 0.25) is 0 Å². The molecule has 1 aromatic carbocycles. The quantitative estimate of drug-likeness (QED) is 0.650. The minimum atomic E-state index is -0.716. The standard InChI is InChI=1S/C15H12BrFN4O4/c16-10-6-9(1-2-11(10)17)21-14(20-24-15(21)22)13-12(18-25-19-13)5-8-3-4-23-7-8/h1-2,6,8H,3-5,7H2. The molecule has 0 bridgehead atoms. The number of halogens is 2. The van der Waals surface area contributed by atoms with E-state index >= 15 is 0 Å². The fourth-order valence-corrected chi connectivity index (χ4v) is 3.15. The first-order valence-electron chi connectivity index (χ1n) is 7.57. The maximum absolute atomic E-state index is 13.5. The predicted molar refractivity (Wildman–Crippen MR) is 85.7 cm³/mol. The lowest BCUT2D eigenvalue weighted by Crippen LogP contribution is -2.14. The fourth-order valence-electron chi connectivity index (χ4n) is 2.78. The zero-order chi connectivity index (χ0) is 17.4. The van der Waals surface area contributed by atoms with Crippen LogP contribution in [0.4, 0.5) is 4.39 Å². The molecule has 1 fully saturated rings. The molecular formula is C15H12BrFN4O4. The Morgan fingerprint density at radius 2 is 2.20 bits per heavy atom. The second-order valence-electron chi connectivity index (χ2n) is 5.70. The molecule has 0 spiro atoms. The van der Waals surface area contributed by atoms with Crippen LogP contribution < -0.4 is 5.76 Å². The Morgan fingerprint density at radius 3 is 2.96 bits per heavy atom. The first-order valence-corrected chi connectivity index (χ1v) is 8.36. The van der Waals surface area contributed by atoms with Crippen LogP contribution in [0.3, 0.4) is 0 Å². The number of nitrogens with zero attached hydrogens (tertiary/aromatic N) is 4. The molecule has 1 aliphatic rings. The Kier molecular flexibility index (Phi) is 4.22. The van der Waals surface area contributed by atoms with E-state index in [1.54, 1.807) is 0 Å². The van der Waals surface area contributed by atoms with E-state index in [1.165, 1.54) is 22.8 Å². The molecule has 0 N–H and O–H groups in total. The molecule has 1 unspecified atom stereocenters. The Bertz CT molecular complexity index is 961. The zero-order valence-electron chi connectivity index (χ0n) is 12.8. The summed E-state index contributed by atoms with van der Waals surface area (Å²) in [6.07, 6.45) is 1.51. The topological polar surface area (TPSA) is 96.2 Å². The number of hydrogen-bond acceptors (Lipinski definition) is 7. The lowest BCUT2D eigenvalue weighted by atomic mass is 10.0. The first-order chi connectivity index (χ1) is 12.1. The van der Waals surface area contributed by atoms with Crippen molar-refractivity contribution in [3.05, 3.63) is 44.7 Å². The monoisotopic (exact) mass is 410 g/mol. The first kappa shape index (κ1) is 16.2. The summed E-state index contributed by atoms with van der Waals surface area (Å²) in [5, 5.41) is 11.6. The fraction of sp³-hybridized carbons (Fsp3) is 0.333. The van der Waals surface area contributed by atoms with E-state index in [0.29, 0.717) is 42.6 Å². The predicted octanol–water partition coefficient (Wildman–Crippen LogP) is 2.36. The van der Waals surface area contributed by atoms with Gasteiger partial charge in [-0.3, -0.25) is 4.52 Å². The Balaban J connectivity index is 1.76. The van der Waals surface area contributed by atoms with Gasteiger partial charge in [0.25, 0.3) is 0 Å². The molecule has 3 heterocycles. The van der Waals surface area contributed by atoms with Gasteiger partial charge in [-0.05, 0) is 51.6 Å². The van der Waals surface area contributed by atoms with Crippen molar-refractivity contribution in [3.8, 4) is 17.2 Å². The Labute approximate surface area is 148 Å². The van der Waals surface area contributed by atoms with E-state index in [-0.39, 0.29) is 10.3 Å². The molecule has 2 aromatic heterocycles. The van der Waals surface area contributed by atoms with E-state index < -0.39 is 11.6 Å². The van der Waals surface area contributed by atoms with Crippen molar-refractivity contribution >= 4 is 15.9 Å². The van der Waals surface area contributed by atoms with Crippen LogP contribution in [-0.2, 0) is 11.2 Å². The van der Waals surface area contributed by atoms with Crippen LogP contribution >= 0.6 is 15.9 Å². The highest BCUT2D eigenvalue weighted by Gasteiger charge is 2.26. The number of rotatable bonds is 4. The van der Waals surface area contributed by atoms with Gasteiger partial charge in [-0.25, -0.2) is 18.4 Å². The average molecular weight is 411 g/mol. The van der Waals surface area contributed by atoms with Crippen LogP contribution in [0, 0.1) is 11.7 Å². The molecule has 0 radical (unpaired) electrons. The van der Waals surface area contributed by atoms with Crippen molar-refractivity contribution in [2.75, 3.05) is 13.2 Å². The van der Waals surface area contributed by atoms with Gasteiger partial charge in [0.2, 0.25) is 5.82 Å². The summed E-state index contributed by atoms with van der Waals surface area (Å²) in [5.74, 6) is -0.706. The van der Waals surface area contributed by atoms with Crippen molar-refractivity contribution < 1.29 is 18.3 Å². The summed E-state index contributed by atoms with van der Waals surface area (Å²) in [4.78, 5) is 12.1. The Hall–Kier alpha value is -2.33. The molecule has 25 heavy (non-hydrogen) atoms. The van der Waals surface area contributed by atoms with Crippen LogP contribution in [0.15, 0.2) is 36.6 Å². The summed E-state index contributed by atoms with van der Waals surface area (Å²) in [7, 11) is 0. The highest BCUT2D eigenvalue weighted by molar-refractivity contribution is 9.10. The zero-order valence-corrected chi connectivity index (χ0v) is 14.4. The van der Waals surface area contributed by atoms with Crippen molar-refractivity contribution in [2.45, 2.75) is 12.8 Å². The lowest BCUT2D eigenvalue weighted by Gasteiger charge is -2.06. The number of aromatic nitrogens is 4. The van der Waals surface area contributed by atoms with Crippen LogP contribution in [-0.4, -0.2) is 33.3 Å². The molecule has 8 nitrogen and oxygen atoms in total. The van der Waals surface area contributed by atoms with Crippen molar-refractivity contribution in [3.63, 3.8) is 0 Å². The lowest BCUT2D eigenvalue weighted by molar-refractivity contribution is 0.185. The van der Waals surface area contributed by atoms with Crippen LogP contribution in [0.5, 0.6) is 0 Å². The number of hydrogen-bond donors (Lipinski definition) is 0. The van der Waals surface area contributed by atoms with Crippen molar-refractivity contribution in [2.24, 2.45) is 5.92 Å². The molecule has 3 aromatic rings. The maximum atomic E-state index is 13.5. The van der Waals surface area contributed by atoms with Gasteiger partial charge in [0, 0.05) is 19.6 Å². The molecular weight excluding hydrogens is 399 g/mol. The van der Waals surface area contributed by atoms with Crippen molar-refractivity contribution in [1.29, 1.82) is 0 Å². The Morgan fingerprint density at radius 1 is 1.32 bits per heavy atom.